The maximum absolute atomic E-state index is 14.0. The van der Waals surface area contributed by atoms with Crippen LogP contribution in [0.2, 0.25) is 0 Å². The number of hydrogen-bond donors (Lipinski definition) is 4. The molecule has 0 spiro atoms. The zero-order valence-corrected chi connectivity index (χ0v) is 28.1. The standard InChI is InChI=1S/C32H48F2N4O4S.ClH/c1-6-35-25-18-24(19-26(20-25)38-14-7-8-15-43(38,41)42)31(40)37-29(17-23-11-12-27(33)28(34)16-23)30(39)21-36-32(4,5)13-9-10-22(2)3;/h11-12,16,18-20,22,29-30,35-36,39H,6-10,13-15,17,21H2,1-5H3,(H,37,40);1H/t29-,30+;/m0./s1. The lowest BCUT2D eigenvalue weighted by molar-refractivity contribution is 0.0811. The predicted octanol–water partition coefficient (Wildman–Crippen LogP) is 5.64. The maximum Gasteiger partial charge on any atom is 0.251 e. The fourth-order valence-electron chi connectivity index (χ4n) is 5.29. The van der Waals surface area contributed by atoms with E-state index in [9.17, 15) is 27.1 Å². The molecule has 1 saturated heterocycles. The number of sulfonamides is 1. The largest absolute Gasteiger partial charge is 0.390 e. The van der Waals surface area contributed by atoms with Crippen LogP contribution >= 0.6 is 12.4 Å². The van der Waals surface area contributed by atoms with Crippen LogP contribution in [0, 0.1) is 17.6 Å². The molecule has 0 radical (unpaired) electrons. The molecule has 0 bridgehead atoms. The van der Waals surface area contributed by atoms with Crippen molar-refractivity contribution < 1.29 is 27.1 Å². The van der Waals surface area contributed by atoms with E-state index in [1.807, 2.05) is 6.92 Å². The molecule has 0 aliphatic carbocycles. The molecular formula is C32H49ClF2N4O4S. The van der Waals surface area contributed by atoms with Crippen molar-refractivity contribution in [3.63, 3.8) is 0 Å². The van der Waals surface area contributed by atoms with Gasteiger partial charge in [0.1, 0.15) is 0 Å². The third kappa shape index (κ3) is 11.2. The van der Waals surface area contributed by atoms with E-state index in [0.29, 0.717) is 42.4 Å². The molecule has 0 aromatic heterocycles. The first-order valence-electron chi connectivity index (χ1n) is 15.3. The Balaban J connectivity index is 0.00000675. The highest BCUT2D eigenvalue weighted by Crippen LogP contribution is 2.28. The van der Waals surface area contributed by atoms with Gasteiger partial charge in [0.2, 0.25) is 10.0 Å². The fourth-order valence-corrected chi connectivity index (χ4v) is 6.91. The number of halogens is 3. The summed E-state index contributed by atoms with van der Waals surface area (Å²) in [5.74, 6) is -1.86. The Morgan fingerprint density at radius 2 is 1.82 bits per heavy atom. The topological polar surface area (TPSA) is 111 Å². The number of aliphatic hydroxyl groups is 1. The van der Waals surface area contributed by atoms with Crippen LogP contribution in [-0.2, 0) is 16.4 Å². The highest BCUT2D eigenvalue weighted by Gasteiger charge is 2.29. The average Bonchev–Trinajstić information content (AvgIpc) is 2.92. The van der Waals surface area contributed by atoms with Crippen molar-refractivity contribution in [2.75, 3.05) is 35.0 Å². The highest BCUT2D eigenvalue weighted by molar-refractivity contribution is 7.92. The van der Waals surface area contributed by atoms with Gasteiger partial charge in [-0.05, 0) is 88.3 Å². The summed E-state index contributed by atoms with van der Waals surface area (Å²) in [5, 5.41) is 20.7. The monoisotopic (exact) mass is 658 g/mol. The number of carbonyl (C=O) groups is 1. The molecule has 0 unspecified atom stereocenters. The lowest BCUT2D eigenvalue weighted by Gasteiger charge is -2.31. The molecule has 44 heavy (non-hydrogen) atoms. The number of nitrogens with one attached hydrogen (secondary N) is 3. The molecule has 3 rings (SSSR count). The number of aliphatic hydroxyl groups excluding tert-OH is 1. The predicted molar refractivity (Wildman–Crippen MR) is 176 cm³/mol. The van der Waals surface area contributed by atoms with Gasteiger partial charge in [-0.1, -0.05) is 32.8 Å². The lowest BCUT2D eigenvalue weighted by Crippen LogP contribution is -2.52. The molecular weight excluding hydrogens is 610 g/mol. The number of nitrogens with zero attached hydrogens (tertiary/aromatic N) is 1. The zero-order valence-electron chi connectivity index (χ0n) is 26.5. The van der Waals surface area contributed by atoms with Crippen molar-refractivity contribution in [1.29, 1.82) is 0 Å². The maximum atomic E-state index is 14.0. The van der Waals surface area contributed by atoms with E-state index >= 15 is 0 Å². The van der Waals surface area contributed by atoms with E-state index in [0.717, 1.165) is 37.8 Å². The summed E-state index contributed by atoms with van der Waals surface area (Å²) in [7, 11) is -3.51. The SMILES string of the molecule is CCNc1cc(C(=O)N[C@@H](Cc2ccc(F)c(F)c2)[C@H](O)CNC(C)(C)CCCC(C)C)cc(N2CCCCS2(=O)=O)c1.Cl. The van der Waals surface area contributed by atoms with Gasteiger partial charge < -0.3 is 21.1 Å². The number of benzene rings is 2. The van der Waals surface area contributed by atoms with Gasteiger partial charge in [0.25, 0.3) is 5.91 Å². The van der Waals surface area contributed by atoms with Crippen LogP contribution in [0.25, 0.3) is 0 Å². The molecule has 1 heterocycles. The van der Waals surface area contributed by atoms with Gasteiger partial charge in [0.05, 0.1) is 23.6 Å². The smallest absolute Gasteiger partial charge is 0.251 e. The number of rotatable bonds is 15. The van der Waals surface area contributed by atoms with Gasteiger partial charge in [-0.15, -0.1) is 12.4 Å². The third-order valence-electron chi connectivity index (χ3n) is 7.79. The summed E-state index contributed by atoms with van der Waals surface area (Å²) >= 11 is 0. The van der Waals surface area contributed by atoms with Crippen molar-refractivity contribution in [2.45, 2.75) is 90.8 Å². The summed E-state index contributed by atoms with van der Waals surface area (Å²) in [6.45, 7) is 11.4. The number of carbonyl (C=O) groups excluding carboxylic acids is 1. The Kier molecular flexibility index (Phi) is 14.3. The summed E-state index contributed by atoms with van der Waals surface area (Å²) < 4.78 is 54.6. The number of β-amino-alcohol motifs (C(OH)–C–C–N with tert-alkyl or cyclic N) is 1. The van der Waals surface area contributed by atoms with E-state index in [1.165, 1.54) is 16.4 Å². The Hall–Kier alpha value is -2.47. The van der Waals surface area contributed by atoms with Crippen LogP contribution in [0.4, 0.5) is 20.2 Å². The Labute approximate surface area is 267 Å². The van der Waals surface area contributed by atoms with E-state index in [4.69, 9.17) is 0 Å². The average molecular weight is 659 g/mol. The Bertz CT molecular complexity index is 1340. The lowest BCUT2D eigenvalue weighted by atomic mass is 9.93. The van der Waals surface area contributed by atoms with Crippen LogP contribution < -0.4 is 20.3 Å². The molecule has 1 aliphatic heterocycles. The normalized spacial score (nSPS) is 16.2. The Morgan fingerprint density at radius 3 is 2.45 bits per heavy atom. The van der Waals surface area contributed by atoms with Gasteiger partial charge in [0, 0.05) is 36.4 Å². The number of hydrogen-bond acceptors (Lipinski definition) is 6. The summed E-state index contributed by atoms with van der Waals surface area (Å²) in [6.07, 6.45) is 3.33. The zero-order chi connectivity index (χ0) is 31.8. The van der Waals surface area contributed by atoms with E-state index in [-0.39, 0.29) is 42.2 Å². The molecule has 4 N–H and O–H groups in total. The number of amides is 1. The molecule has 12 heteroatoms. The van der Waals surface area contributed by atoms with E-state index in [2.05, 4.69) is 43.6 Å². The minimum absolute atomic E-state index is 0. The quantitative estimate of drug-likeness (QED) is 0.197. The first kappa shape index (κ1) is 37.7. The van der Waals surface area contributed by atoms with Gasteiger partial charge in [-0.2, -0.15) is 0 Å². The van der Waals surface area contributed by atoms with Crippen LogP contribution in [0.3, 0.4) is 0 Å². The number of anilines is 2. The molecule has 2 aromatic carbocycles. The minimum atomic E-state index is -3.51. The first-order valence-corrected chi connectivity index (χ1v) is 16.9. The van der Waals surface area contributed by atoms with E-state index < -0.39 is 39.7 Å². The van der Waals surface area contributed by atoms with Crippen molar-refractivity contribution in [3.8, 4) is 0 Å². The second kappa shape index (κ2) is 16.7. The van der Waals surface area contributed by atoms with Gasteiger partial charge in [-0.3, -0.25) is 9.10 Å². The third-order valence-corrected chi connectivity index (χ3v) is 9.66. The second-order valence-electron chi connectivity index (χ2n) is 12.5. The van der Waals surface area contributed by atoms with Crippen LogP contribution in [-0.4, -0.2) is 62.5 Å². The summed E-state index contributed by atoms with van der Waals surface area (Å²) in [5.41, 5.74) is 1.36. The highest BCUT2D eigenvalue weighted by atomic mass is 35.5. The van der Waals surface area contributed by atoms with Crippen molar-refractivity contribution >= 4 is 39.7 Å². The van der Waals surface area contributed by atoms with Crippen LogP contribution in [0.5, 0.6) is 0 Å². The summed E-state index contributed by atoms with van der Waals surface area (Å²) in [6, 6.07) is 7.56. The van der Waals surface area contributed by atoms with Crippen molar-refractivity contribution in [2.24, 2.45) is 5.92 Å². The molecule has 8 nitrogen and oxygen atoms in total. The molecule has 2 aromatic rings. The van der Waals surface area contributed by atoms with Gasteiger partial charge in [0.15, 0.2) is 11.6 Å². The molecule has 1 fully saturated rings. The van der Waals surface area contributed by atoms with Gasteiger partial charge >= 0.3 is 0 Å². The van der Waals surface area contributed by atoms with Crippen molar-refractivity contribution in [3.05, 3.63) is 59.2 Å². The van der Waals surface area contributed by atoms with Crippen LogP contribution in [0.15, 0.2) is 36.4 Å². The molecule has 248 valence electrons. The molecule has 0 saturated carbocycles. The van der Waals surface area contributed by atoms with Crippen molar-refractivity contribution in [1.82, 2.24) is 10.6 Å². The Morgan fingerprint density at radius 1 is 1.09 bits per heavy atom. The van der Waals surface area contributed by atoms with Crippen LogP contribution in [0.1, 0.15) is 82.6 Å². The minimum Gasteiger partial charge on any atom is -0.390 e. The molecule has 1 aliphatic rings. The second-order valence-corrected chi connectivity index (χ2v) is 14.6. The van der Waals surface area contributed by atoms with Gasteiger partial charge in [-0.25, -0.2) is 17.2 Å². The fraction of sp³-hybridized carbons (Fsp3) is 0.594. The van der Waals surface area contributed by atoms with E-state index in [1.54, 1.807) is 12.1 Å². The molecule has 1 amide bonds. The molecule has 2 atom stereocenters. The summed E-state index contributed by atoms with van der Waals surface area (Å²) in [4.78, 5) is 13.7. The first-order chi connectivity index (χ1) is 20.2.